The largest absolute Gasteiger partial charge is 0.508 e. The Morgan fingerprint density at radius 2 is 1.88 bits per heavy atom. The molecular formula is C12H19N3O. The number of nitrogens with two attached hydrogens (primary N) is 2. The second-order valence-electron chi connectivity index (χ2n) is 3.70. The first-order chi connectivity index (χ1) is 7.72. The van der Waals surface area contributed by atoms with Gasteiger partial charge in [-0.3, -0.25) is 0 Å². The molecule has 1 aromatic carbocycles. The van der Waals surface area contributed by atoms with E-state index in [0.717, 1.165) is 25.8 Å². The van der Waals surface area contributed by atoms with Crippen LogP contribution in [0.1, 0.15) is 18.4 Å². The van der Waals surface area contributed by atoms with Gasteiger partial charge >= 0.3 is 0 Å². The number of unbranched alkanes of at least 4 members (excludes halogenated alkanes) is 1. The lowest BCUT2D eigenvalue weighted by Gasteiger charge is -2.12. The molecule has 0 atom stereocenters. The highest BCUT2D eigenvalue weighted by Gasteiger charge is 1.95. The molecule has 5 N–H and O–H groups in total. The normalized spacial score (nSPS) is 10.8. The molecule has 0 saturated heterocycles. The Balaban J connectivity index is 2.18. The van der Waals surface area contributed by atoms with Gasteiger partial charge in [-0.1, -0.05) is 12.1 Å². The lowest BCUT2D eigenvalue weighted by molar-refractivity contribution is 0.380. The average molecular weight is 221 g/mol. The monoisotopic (exact) mass is 221 g/mol. The maximum atomic E-state index is 9.12. The van der Waals surface area contributed by atoms with Crippen LogP contribution in [-0.2, 0) is 6.42 Å². The predicted octanol–water partition coefficient (Wildman–Crippen LogP) is 1.32. The fourth-order valence-electron chi connectivity index (χ4n) is 1.47. The van der Waals surface area contributed by atoms with Crippen LogP contribution in [0, 0.1) is 0 Å². The van der Waals surface area contributed by atoms with Gasteiger partial charge in [0.2, 0.25) is 0 Å². The highest BCUT2D eigenvalue weighted by atomic mass is 16.3. The number of hydrazine groups is 1. The Hall–Kier alpha value is -1.68. The molecule has 0 aliphatic rings. The van der Waals surface area contributed by atoms with E-state index in [4.69, 9.17) is 16.7 Å². The third-order valence-corrected chi connectivity index (χ3v) is 2.35. The second kappa shape index (κ2) is 6.74. The van der Waals surface area contributed by atoms with Crippen LogP contribution in [0.25, 0.3) is 0 Å². The van der Waals surface area contributed by atoms with Crippen LogP contribution in [0.15, 0.2) is 36.7 Å². The summed E-state index contributed by atoms with van der Waals surface area (Å²) in [6, 6.07) is 7.30. The van der Waals surface area contributed by atoms with Crippen molar-refractivity contribution in [2.75, 3.05) is 6.54 Å². The van der Waals surface area contributed by atoms with Crippen LogP contribution in [0.5, 0.6) is 5.75 Å². The third-order valence-electron chi connectivity index (χ3n) is 2.35. The highest BCUT2D eigenvalue weighted by Crippen LogP contribution is 2.11. The number of aromatic hydroxyl groups is 1. The molecular weight excluding hydrogens is 202 g/mol. The number of phenols is 1. The summed E-state index contributed by atoms with van der Waals surface area (Å²) in [5.41, 5.74) is 6.45. The van der Waals surface area contributed by atoms with E-state index in [2.05, 4.69) is 0 Å². The minimum absolute atomic E-state index is 0.310. The van der Waals surface area contributed by atoms with Gasteiger partial charge in [0.1, 0.15) is 5.75 Å². The van der Waals surface area contributed by atoms with Crippen molar-refractivity contribution in [1.82, 2.24) is 5.01 Å². The molecule has 0 spiro atoms. The molecule has 1 rings (SSSR count). The smallest absolute Gasteiger partial charge is 0.115 e. The molecule has 0 aromatic heterocycles. The van der Waals surface area contributed by atoms with Gasteiger partial charge in [-0.15, -0.1) is 0 Å². The lowest BCUT2D eigenvalue weighted by atomic mass is 10.1. The SMILES string of the molecule is N/C=C\N(N)CCCCc1ccc(O)cc1. The van der Waals surface area contributed by atoms with Gasteiger partial charge < -0.3 is 15.8 Å². The van der Waals surface area contributed by atoms with Crippen LogP contribution in [-0.4, -0.2) is 16.7 Å². The fraction of sp³-hybridized carbons (Fsp3) is 0.333. The van der Waals surface area contributed by atoms with E-state index in [-0.39, 0.29) is 0 Å². The van der Waals surface area contributed by atoms with Crippen LogP contribution in [0.3, 0.4) is 0 Å². The first kappa shape index (κ1) is 12.4. The fourth-order valence-corrected chi connectivity index (χ4v) is 1.47. The Bertz CT molecular complexity index is 322. The third kappa shape index (κ3) is 4.70. The zero-order valence-electron chi connectivity index (χ0n) is 9.34. The molecule has 0 unspecified atom stereocenters. The number of aryl methyl sites for hydroxylation is 1. The van der Waals surface area contributed by atoms with E-state index in [1.54, 1.807) is 23.3 Å². The molecule has 0 fully saturated rings. The number of hydrogen-bond donors (Lipinski definition) is 3. The molecule has 4 nitrogen and oxygen atoms in total. The summed E-state index contributed by atoms with van der Waals surface area (Å²) in [5.74, 6) is 5.93. The Morgan fingerprint density at radius 3 is 2.50 bits per heavy atom. The van der Waals surface area contributed by atoms with Gasteiger partial charge in [0.05, 0.1) is 0 Å². The van der Waals surface area contributed by atoms with Crippen LogP contribution >= 0.6 is 0 Å². The van der Waals surface area contributed by atoms with Crippen molar-refractivity contribution in [1.29, 1.82) is 0 Å². The topological polar surface area (TPSA) is 75.5 Å². The number of hydrogen-bond acceptors (Lipinski definition) is 4. The van der Waals surface area contributed by atoms with Gasteiger partial charge in [-0.25, -0.2) is 5.84 Å². The number of benzene rings is 1. The second-order valence-corrected chi connectivity index (χ2v) is 3.70. The zero-order chi connectivity index (χ0) is 11.8. The van der Waals surface area contributed by atoms with Crippen molar-refractivity contribution < 1.29 is 5.11 Å². The van der Waals surface area contributed by atoms with Crippen molar-refractivity contribution in [3.8, 4) is 5.75 Å². The number of rotatable bonds is 6. The summed E-state index contributed by atoms with van der Waals surface area (Å²) in [6.07, 6.45) is 6.17. The van der Waals surface area contributed by atoms with Crippen molar-refractivity contribution in [2.24, 2.45) is 11.6 Å². The van der Waals surface area contributed by atoms with Crippen molar-refractivity contribution >= 4 is 0 Å². The summed E-state index contributed by atoms with van der Waals surface area (Å²) in [5, 5.41) is 10.7. The molecule has 16 heavy (non-hydrogen) atoms. The van der Waals surface area contributed by atoms with Gasteiger partial charge in [0.15, 0.2) is 0 Å². The van der Waals surface area contributed by atoms with Crippen molar-refractivity contribution in [2.45, 2.75) is 19.3 Å². The van der Waals surface area contributed by atoms with E-state index >= 15 is 0 Å². The van der Waals surface area contributed by atoms with Gasteiger partial charge in [-0.2, -0.15) is 0 Å². The van der Waals surface area contributed by atoms with E-state index < -0.39 is 0 Å². The van der Waals surface area contributed by atoms with Crippen molar-refractivity contribution in [3.05, 3.63) is 42.2 Å². The number of phenolic OH excluding ortho intramolecular Hbond substituents is 1. The molecule has 0 saturated carbocycles. The minimum atomic E-state index is 0.310. The summed E-state index contributed by atoms with van der Waals surface area (Å²) in [6.45, 7) is 0.797. The summed E-state index contributed by atoms with van der Waals surface area (Å²) in [4.78, 5) is 0. The number of nitrogens with zero attached hydrogens (tertiary/aromatic N) is 1. The van der Waals surface area contributed by atoms with Gasteiger partial charge in [-0.05, 0) is 37.0 Å². The standard InChI is InChI=1S/C12H19N3O/c13-8-10-15(14)9-2-1-3-11-4-6-12(16)7-5-11/h4-8,10,16H,1-3,9,13-14H2/b10-8-. The molecule has 88 valence electrons. The minimum Gasteiger partial charge on any atom is -0.508 e. The molecule has 0 aliphatic carbocycles. The first-order valence-electron chi connectivity index (χ1n) is 5.40. The molecule has 0 radical (unpaired) electrons. The Labute approximate surface area is 96.1 Å². The van der Waals surface area contributed by atoms with Crippen LogP contribution in [0.4, 0.5) is 0 Å². The van der Waals surface area contributed by atoms with E-state index in [1.807, 2.05) is 12.1 Å². The van der Waals surface area contributed by atoms with E-state index in [9.17, 15) is 0 Å². The first-order valence-corrected chi connectivity index (χ1v) is 5.40. The molecule has 0 bridgehead atoms. The molecule has 0 heterocycles. The maximum Gasteiger partial charge on any atom is 0.115 e. The molecule has 0 amide bonds. The Kier molecular flexibility index (Phi) is 5.22. The van der Waals surface area contributed by atoms with Gasteiger partial charge in [0.25, 0.3) is 0 Å². The summed E-state index contributed by atoms with van der Waals surface area (Å²) < 4.78 is 0. The molecule has 1 aromatic rings. The predicted molar refractivity (Wildman–Crippen MR) is 65.3 cm³/mol. The summed E-state index contributed by atoms with van der Waals surface area (Å²) in [7, 11) is 0. The van der Waals surface area contributed by atoms with Crippen molar-refractivity contribution in [3.63, 3.8) is 0 Å². The Morgan fingerprint density at radius 1 is 1.19 bits per heavy atom. The average Bonchev–Trinajstić information content (AvgIpc) is 2.27. The zero-order valence-corrected chi connectivity index (χ0v) is 9.34. The van der Waals surface area contributed by atoms with Gasteiger partial charge in [0, 0.05) is 18.9 Å². The maximum absolute atomic E-state index is 9.12. The quantitative estimate of drug-likeness (QED) is 0.385. The van der Waals surface area contributed by atoms with E-state index in [1.165, 1.54) is 11.8 Å². The molecule has 0 aliphatic heterocycles. The lowest BCUT2D eigenvalue weighted by Crippen LogP contribution is -2.26. The summed E-state index contributed by atoms with van der Waals surface area (Å²) >= 11 is 0. The van der Waals surface area contributed by atoms with Crippen LogP contribution in [0.2, 0.25) is 0 Å². The van der Waals surface area contributed by atoms with Crippen LogP contribution < -0.4 is 11.6 Å². The van der Waals surface area contributed by atoms with E-state index in [0.29, 0.717) is 5.75 Å². The highest BCUT2D eigenvalue weighted by molar-refractivity contribution is 5.25. The molecule has 4 heteroatoms.